The second kappa shape index (κ2) is 10.7. The Morgan fingerprint density at radius 1 is 1.21 bits per heavy atom. The topological polar surface area (TPSA) is 137 Å². The number of nitro benzene ring substituents is 1. The number of halogens is 1. The lowest BCUT2D eigenvalue weighted by molar-refractivity contribution is -0.384. The number of benzene rings is 2. The molecule has 0 atom stereocenters. The maximum atomic E-state index is 12.5. The fraction of sp³-hybridized carbons (Fsp3) is 0.227. The first-order chi connectivity index (χ1) is 16.2. The number of esters is 1. The van der Waals surface area contributed by atoms with Gasteiger partial charge in [0.1, 0.15) is 18.8 Å². The van der Waals surface area contributed by atoms with Crippen molar-refractivity contribution in [2.75, 3.05) is 20.3 Å². The molecule has 0 aromatic heterocycles. The van der Waals surface area contributed by atoms with Gasteiger partial charge >= 0.3 is 12.0 Å². The van der Waals surface area contributed by atoms with E-state index in [0.717, 1.165) is 12.0 Å². The van der Waals surface area contributed by atoms with Crippen LogP contribution in [0.25, 0.3) is 6.08 Å². The molecule has 178 valence electrons. The molecule has 0 saturated carbocycles. The van der Waals surface area contributed by atoms with Crippen LogP contribution in [0.15, 0.2) is 42.1 Å². The third-order valence-corrected chi connectivity index (χ3v) is 4.93. The van der Waals surface area contributed by atoms with Gasteiger partial charge in [-0.05, 0) is 48.4 Å². The zero-order valence-corrected chi connectivity index (χ0v) is 19.0. The first-order valence-electron chi connectivity index (χ1n) is 9.97. The highest BCUT2D eigenvalue weighted by molar-refractivity contribution is 6.32. The van der Waals surface area contributed by atoms with Crippen molar-refractivity contribution in [2.45, 2.75) is 13.5 Å². The van der Waals surface area contributed by atoms with Crippen LogP contribution in [-0.4, -0.2) is 48.0 Å². The van der Waals surface area contributed by atoms with Gasteiger partial charge in [-0.25, -0.2) is 9.69 Å². The van der Waals surface area contributed by atoms with Gasteiger partial charge in [0.05, 0.1) is 23.7 Å². The average Bonchev–Trinajstić information content (AvgIpc) is 3.06. The maximum absolute atomic E-state index is 12.5. The summed E-state index contributed by atoms with van der Waals surface area (Å²) in [6.45, 7) is 1.63. The average molecular weight is 490 g/mol. The Hall–Kier alpha value is -4.12. The molecule has 34 heavy (non-hydrogen) atoms. The quantitative estimate of drug-likeness (QED) is 0.186. The summed E-state index contributed by atoms with van der Waals surface area (Å²) in [4.78, 5) is 47.0. The molecule has 0 spiro atoms. The van der Waals surface area contributed by atoms with Gasteiger partial charge in [0.15, 0.2) is 11.5 Å². The predicted molar refractivity (Wildman–Crippen MR) is 120 cm³/mol. The molecule has 1 fully saturated rings. The van der Waals surface area contributed by atoms with Crippen LogP contribution < -0.4 is 14.8 Å². The Labute approximate surface area is 199 Å². The Balaban J connectivity index is 1.82. The van der Waals surface area contributed by atoms with Crippen molar-refractivity contribution in [2.24, 2.45) is 0 Å². The molecule has 2 aromatic carbocycles. The van der Waals surface area contributed by atoms with E-state index in [4.69, 9.17) is 21.1 Å². The molecular formula is C22H20ClN3O8. The molecule has 1 saturated heterocycles. The van der Waals surface area contributed by atoms with Crippen LogP contribution in [0.1, 0.15) is 18.1 Å². The number of imide groups is 1. The third kappa shape index (κ3) is 5.62. The van der Waals surface area contributed by atoms with Crippen LogP contribution in [0.3, 0.4) is 0 Å². The third-order valence-electron chi connectivity index (χ3n) is 4.65. The zero-order chi connectivity index (χ0) is 24.8. The van der Waals surface area contributed by atoms with Crippen LogP contribution in [0.2, 0.25) is 5.02 Å². The highest BCUT2D eigenvalue weighted by Crippen LogP contribution is 2.38. The first kappa shape index (κ1) is 24.5. The number of urea groups is 1. The summed E-state index contributed by atoms with van der Waals surface area (Å²) >= 11 is 6.40. The summed E-state index contributed by atoms with van der Waals surface area (Å²) in [5.41, 5.74) is 1.04. The molecular weight excluding hydrogens is 470 g/mol. The van der Waals surface area contributed by atoms with Gasteiger partial charge in [0.2, 0.25) is 0 Å². The number of non-ortho nitro benzene ring substituents is 1. The number of ether oxygens (including phenoxy) is 3. The monoisotopic (exact) mass is 489 g/mol. The van der Waals surface area contributed by atoms with E-state index in [1.54, 1.807) is 25.1 Å². The van der Waals surface area contributed by atoms with Crippen molar-refractivity contribution < 1.29 is 33.5 Å². The van der Waals surface area contributed by atoms with Crippen LogP contribution >= 0.6 is 11.6 Å². The van der Waals surface area contributed by atoms with Crippen LogP contribution in [0.4, 0.5) is 10.5 Å². The molecule has 1 heterocycles. The van der Waals surface area contributed by atoms with Crippen molar-refractivity contribution in [3.63, 3.8) is 0 Å². The smallest absolute Gasteiger partial charge is 0.329 e. The van der Waals surface area contributed by atoms with Crippen molar-refractivity contribution in [1.82, 2.24) is 10.2 Å². The Morgan fingerprint density at radius 2 is 1.91 bits per heavy atom. The minimum Gasteiger partial charge on any atom is -0.490 e. The van der Waals surface area contributed by atoms with E-state index in [9.17, 15) is 24.5 Å². The number of amides is 3. The van der Waals surface area contributed by atoms with Gasteiger partial charge < -0.3 is 19.5 Å². The zero-order valence-electron chi connectivity index (χ0n) is 18.2. The lowest BCUT2D eigenvalue weighted by Crippen LogP contribution is -2.36. The lowest BCUT2D eigenvalue weighted by atomic mass is 10.1. The number of hydrogen-bond donors (Lipinski definition) is 1. The maximum Gasteiger partial charge on any atom is 0.329 e. The molecule has 1 N–H and O–H groups in total. The number of rotatable bonds is 9. The van der Waals surface area contributed by atoms with E-state index in [1.165, 1.54) is 24.3 Å². The fourth-order valence-electron chi connectivity index (χ4n) is 3.02. The summed E-state index contributed by atoms with van der Waals surface area (Å²) in [6, 6.07) is 8.23. The van der Waals surface area contributed by atoms with Crippen LogP contribution in [-0.2, 0) is 20.9 Å². The predicted octanol–water partition coefficient (Wildman–Crippen LogP) is 3.29. The van der Waals surface area contributed by atoms with Gasteiger partial charge in [0, 0.05) is 12.1 Å². The van der Waals surface area contributed by atoms with E-state index in [-0.39, 0.29) is 28.8 Å². The molecule has 0 bridgehead atoms. The molecule has 2 aromatic rings. The van der Waals surface area contributed by atoms with Gasteiger partial charge in [-0.15, -0.1) is 0 Å². The largest absolute Gasteiger partial charge is 0.490 e. The number of carbonyl (C=O) groups excluding carboxylic acids is 3. The Morgan fingerprint density at radius 3 is 2.53 bits per heavy atom. The summed E-state index contributed by atoms with van der Waals surface area (Å²) in [6.07, 6.45) is 1.39. The molecule has 12 heteroatoms. The van der Waals surface area contributed by atoms with E-state index in [2.05, 4.69) is 10.1 Å². The number of methoxy groups -OCH3 is 1. The number of hydrogen-bond acceptors (Lipinski definition) is 8. The summed E-state index contributed by atoms with van der Waals surface area (Å²) in [7, 11) is 1.15. The molecule has 11 nitrogen and oxygen atoms in total. The molecule has 1 aliphatic heterocycles. The van der Waals surface area contributed by atoms with Crippen molar-refractivity contribution >= 4 is 41.3 Å². The van der Waals surface area contributed by atoms with Gasteiger partial charge in [-0.3, -0.25) is 19.7 Å². The highest BCUT2D eigenvalue weighted by Gasteiger charge is 2.35. The minimum atomic E-state index is -0.749. The lowest BCUT2D eigenvalue weighted by Gasteiger charge is -2.15. The number of nitro groups is 1. The van der Waals surface area contributed by atoms with Crippen LogP contribution in [0.5, 0.6) is 11.5 Å². The summed E-state index contributed by atoms with van der Waals surface area (Å²) < 4.78 is 15.9. The van der Waals surface area contributed by atoms with E-state index in [1.807, 2.05) is 0 Å². The number of nitrogens with zero attached hydrogens (tertiary/aromatic N) is 2. The number of nitrogens with one attached hydrogen (secondary N) is 1. The normalized spacial score (nSPS) is 14.2. The first-order valence-corrected chi connectivity index (χ1v) is 10.3. The van der Waals surface area contributed by atoms with Crippen molar-refractivity contribution in [3.8, 4) is 11.5 Å². The van der Waals surface area contributed by atoms with Gasteiger partial charge in [0.25, 0.3) is 11.6 Å². The van der Waals surface area contributed by atoms with Crippen molar-refractivity contribution in [1.29, 1.82) is 0 Å². The Bertz CT molecular complexity index is 1160. The molecule has 0 unspecified atom stereocenters. The van der Waals surface area contributed by atoms with E-state index >= 15 is 0 Å². The minimum absolute atomic E-state index is 0.0344. The van der Waals surface area contributed by atoms with Gasteiger partial charge in [-0.2, -0.15) is 0 Å². The fourth-order valence-corrected chi connectivity index (χ4v) is 3.29. The molecule has 3 amide bonds. The standard InChI is InChI=1S/C22H20ClN3O8/c1-3-33-18-10-14(9-17-21(28)25(22(29)24-17)11-19(27)32-2)8-16(23)20(18)34-12-13-4-6-15(7-5-13)26(30)31/h4-10H,3,11-12H2,1-2H3,(H,24,29)/b17-9+. The molecule has 0 aliphatic carbocycles. The Kier molecular flexibility index (Phi) is 7.69. The summed E-state index contributed by atoms with van der Waals surface area (Å²) in [5.74, 6) is -0.881. The van der Waals surface area contributed by atoms with Crippen LogP contribution in [0, 0.1) is 10.1 Å². The second-order valence-corrected chi connectivity index (χ2v) is 7.34. The van der Waals surface area contributed by atoms with Crippen molar-refractivity contribution in [3.05, 3.63) is 68.4 Å². The molecule has 3 rings (SSSR count). The highest BCUT2D eigenvalue weighted by atomic mass is 35.5. The SMILES string of the molecule is CCOc1cc(/C=C2/NC(=O)N(CC(=O)OC)C2=O)cc(Cl)c1OCc1ccc([N+](=O)[O-])cc1. The number of carbonyl (C=O) groups is 3. The molecule has 1 aliphatic rings. The van der Waals surface area contributed by atoms with E-state index in [0.29, 0.717) is 23.5 Å². The second-order valence-electron chi connectivity index (χ2n) is 6.93. The summed E-state index contributed by atoms with van der Waals surface area (Å²) in [5, 5.41) is 13.4. The van der Waals surface area contributed by atoms with Gasteiger partial charge in [-0.1, -0.05) is 11.6 Å². The van der Waals surface area contributed by atoms with E-state index < -0.39 is 29.4 Å². The molecule has 0 radical (unpaired) electrons.